The molecular weight excluding hydrogens is 322 g/mol. The lowest BCUT2D eigenvalue weighted by atomic mass is 10.0. The van der Waals surface area contributed by atoms with Crippen molar-refractivity contribution in [3.8, 4) is 5.75 Å². The van der Waals surface area contributed by atoms with E-state index in [-0.39, 0.29) is 6.04 Å². The van der Waals surface area contributed by atoms with Crippen molar-refractivity contribution in [3.05, 3.63) is 51.7 Å². The molecule has 0 amide bonds. The third-order valence-electron chi connectivity index (χ3n) is 4.44. The number of aryl methyl sites for hydroxylation is 1. The molecule has 1 saturated heterocycles. The number of carboxylic acids is 1. The number of rotatable bonds is 6. The molecule has 1 aromatic carbocycles. The number of thiophene rings is 1. The number of ether oxygens (including phenoxy) is 1. The van der Waals surface area contributed by atoms with Gasteiger partial charge in [-0.25, -0.2) is 0 Å². The Labute approximate surface area is 146 Å². The Morgan fingerprint density at radius 3 is 2.75 bits per heavy atom. The third kappa shape index (κ3) is 3.47. The number of nitrogens with zero attached hydrogens (tertiary/aromatic N) is 1. The molecule has 2 unspecified atom stereocenters. The van der Waals surface area contributed by atoms with Gasteiger partial charge in [0.2, 0.25) is 0 Å². The van der Waals surface area contributed by atoms with Gasteiger partial charge in [-0.2, -0.15) is 0 Å². The van der Waals surface area contributed by atoms with Crippen molar-refractivity contribution in [3.63, 3.8) is 0 Å². The molecule has 1 fully saturated rings. The summed E-state index contributed by atoms with van der Waals surface area (Å²) in [5.74, 6) is 0.121. The second-order valence-corrected chi connectivity index (χ2v) is 7.11. The maximum Gasteiger partial charge on any atom is 0.320 e. The van der Waals surface area contributed by atoms with Crippen molar-refractivity contribution in [2.75, 3.05) is 13.2 Å². The van der Waals surface area contributed by atoms with Crippen LogP contribution in [-0.4, -0.2) is 35.2 Å². The van der Waals surface area contributed by atoms with Gasteiger partial charge in [0.25, 0.3) is 0 Å². The second kappa shape index (κ2) is 7.36. The first-order chi connectivity index (χ1) is 11.6. The van der Waals surface area contributed by atoms with Crippen molar-refractivity contribution >= 4 is 17.3 Å². The highest BCUT2D eigenvalue weighted by atomic mass is 32.1. The smallest absolute Gasteiger partial charge is 0.320 e. The molecule has 0 aliphatic carbocycles. The predicted molar refractivity (Wildman–Crippen MR) is 95.9 cm³/mol. The van der Waals surface area contributed by atoms with E-state index >= 15 is 0 Å². The largest absolute Gasteiger partial charge is 0.494 e. The normalized spacial score (nSPS) is 19.3. The lowest BCUT2D eigenvalue weighted by molar-refractivity contribution is -0.142. The van der Waals surface area contributed by atoms with Crippen LogP contribution in [0.1, 0.15) is 41.8 Å². The molecule has 2 aromatic rings. The van der Waals surface area contributed by atoms with E-state index in [0.717, 1.165) is 24.3 Å². The molecule has 24 heavy (non-hydrogen) atoms. The molecule has 1 aliphatic heterocycles. The van der Waals surface area contributed by atoms with Crippen molar-refractivity contribution in [1.82, 2.24) is 4.90 Å². The quantitative estimate of drug-likeness (QED) is 0.856. The van der Waals surface area contributed by atoms with Crippen LogP contribution in [0.5, 0.6) is 5.75 Å². The average Bonchev–Trinajstić information content (AvgIpc) is 3.19. The zero-order chi connectivity index (χ0) is 17.1. The highest BCUT2D eigenvalue weighted by molar-refractivity contribution is 7.10. The summed E-state index contributed by atoms with van der Waals surface area (Å²) < 4.78 is 5.53. The van der Waals surface area contributed by atoms with Gasteiger partial charge in [-0.15, -0.1) is 11.3 Å². The Bertz CT molecular complexity index is 695. The van der Waals surface area contributed by atoms with Gasteiger partial charge in [-0.1, -0.05) is 12.1 Å². The van der Waals surface area contributed by atoms with Crippen LogP contribution < -0.4 is 4.74 Å². The lowest BCUT2D eigenvalue weighted by Crippen LogP contribution is -2.39. The first-order valence-electron chi connectivity index (χ1n) is 8.36. The molecule has 2 atom stereocenters. The summed E-state index contributed by atoms with van der Waals surface area (Å²) in [4.78, 5) is 15.0. The van der Waals surface area contributed by atoms with E-state index in [4.69, 9.17) is 4.74 Å². The van der Waals surface area contributed by atoms with E-state index in [2.05, 4.69) is 35.4 Å². The van der Waals surface area contributed by atoms with E-state index in [1.165, 1.54) is 10.4 Å². The monoisotopic (exact) mass is 345 g/mol. The summed E-state index contributed by atoms with van der Waals surface area (Å²) >= 11 is 1.70. The summed E-state index contributed by atoms with van der Waals surface area (Å²) in [5.41, 5.74) is 2.34. The number of carboxylic acid groups (broad SMARTS) is 1. The molecule has 1 aromatic heterocycles. The molecule has 5 heteroatoms. The molecule has 0 saturated carbocycles. The molecule has 1 aliphatic rings. The zero-order valence-electron chi connectivity index (χ0n) is 14.1. The number of likely N-dealkylation sites (tertiary alicyclic amines) is 1. The van der Waals surface area contributed by atoms with Crippen molar-refractivity contribution in [1.29, 1.82) is 0 Å². The van der Waals surface area contributed by atoms with Gasteiger partial charge in [0.05, 0.1) is 12.6 Å². The third-order valence-corrected chi connectivity index (χ3v) is 5.54. The highest BCUT2D eigenvalue weighted by Crippen LogP contribution is 2.38. The molecule has 4 nitrogen and oxygen atoms in total. The molecule has 1 N–H and O–H groups in total. The fourth-order valence-corrected chi connectivity index (χ4v) is 4.44. The van der Waals surface area contributed by atoms with Gasteiger partial charge in [0.1, 0.15) is 11.8 Å². The summed E-state index contributed by atoms with van der Waals surface area (Å²) in [6.45, 7) is 5.49. The van der Waals surface area contributed by atoms with Gasteiger partial charge < -0.3 is 9.84 Å². The van der Waals surface area contributed by atoms with Crippen molar-refractivity contribution in [2.24, 2.45) is 0 Å². The van der Waals surface area contributed by atoms with Crippen LogP contribution in [-0.2, 0) is 4.79 Å². The fourth-order valence-electron chi connectivity index (χ4n) is 3.39. The van der Waals surface area contributed by atoms with Crippen LogP contribution in [0, 0.1) is 6.92 Å². The summed E-state index contributed by atoms with van der Waals surface area (Å²) in [5, 5.41) is 11.7. The minimum Gasteiger partial charge on any atom is -0.494 e. The van der Waals surface area contributed by atoms with Crippen LogP contribution in [0.15, 0.2) is 35.7 Å². The highest BCUT2D eigenvalue weighted by Gasteiger charge is 2.37. The van der Waals surface area contributed by atoms with Crippen molar-refractivity contribution < 1.29 is 14.6 Å². The van der Waals surface area contributed by atoms with Gasteiger partial charge in [0, 0.05) is 11.4 Å². The number of hydrogen-bond donors (Lipinski definition) is 1. The molecule has 0 bridgehead atoms. The Morgan fingerprint density at radius 2 is 2.17 bits per heavy atom. The van der Waals surface area contributed by atoms with E-state index in [0.29, 0.717) is 13.0 Å². The first-order valence-corrected chi connectivity index (χ1v) is 9.24. The minimum absolute atomic E-state index is 0.0111. The topological polar surface area (TPSA) is 49.8 Å². The standard InChI is InChI=1S/C19H23NO3S/c1-3-23-15-8-6-14(7-9-15)18(17-11-13(2)12-24-17)20-10-4-5-16(20)19(21)22/h6-9,11-12,16,18H,3-5,10H2,1-2H3,(H,21,22). The average molecular weight is 345 g/mol. The SMILES string of the molecule is CCOc1ccc(C(c2cc(C)cs2)N2CCCC2C(=O)O)cc1. The molecule has 0 spiro atoms. The number of aliphatic carboxylic acids is 1. The molecule has 3 rings (SSSR count). The molecule has 2 heterocycles. The molecule has 128 valence electrons. The Kier molecular flexibility index (Phi) is 5.21. The lowest BCUT2D eigenvalue weighted by Gasteiger charge is -2.31. The van der Waals surface area contributed by atoms with Crippen LogP contribution in [0.3, 0.4) is 0 Å². The van der Waals surface area contributed by atoms with Gasteiger partial charge in [-0.3, -0.25) is 9.69 Å². The fraction of sp³-hybridized carbons (Fsp3) is 0.421. The Hall–Kier alpha value is -1.85. The maximum absolute atomic E-state index is 11.7. The molecule has 0 radical (unpaired) electrons. The van der Waals surface area contributed by atoms with E-state index < -0.39 is 12.0 Å². The van der Waals surface area contributed by atoms with E-state index in [1.807, 2.05) is 19.1 Å². The van der Waals surface area contributed by atoms with E-state index in [1.54, 1.807) is 11.3 Å². The van der Waals surface area contributed by atoms with Gasteiger partial charge >= 0.3 is 5.97 Å². The van der Waals surface area contributed by atoms with Crippen molar-refractivity contribution in [2.45, 2.75) is 38.8 Å². The minimum atomic E-state index is -0.725. The number of hydrogen-bond acceptors (Lipinski definition) is 4. The zero-order valence-corrected chi connectivity index (χ0v) is 14.9. The van der Waals surface area contributed by atoms with Gasteiger partial charge in [-0.05, 0) is 61.4 Å². The van der Waals surface area contributed by atoms with Crippen LogP contribution in [0.25, 0.3) is 0 Å². The summed E-state index contributed by atoms with van der Waals surface area (Å²) in [6.07, 6.45) is 1.64. The Balaban J connectivity index is 1.97. The first kappa shape index (κ1) is 17.0. The predicted octanol–water partition coefficient (Wildman–Crippen LogP) is 4.09. The Morgan fingerprint density at radius 1 is 1.42 bits per heavy atom. The summed E-state index contributed by atoms with van der Waals surface area (Å²) in [7, 11) is 0. The number of carbonyl (C=O) groups is 1. The maximum atomic E-state index is 11.7. The summed E-state index contributed by atoms with van der Waals surface area (Å²) in [6, 6.07) is 9.80. The second-order valence-electron chi connectivity index (χ2n) is 6.17. The van der Waals surface area contributed by atoms with Crippen LogP contribution in [0.4, 0.5) is 0 Å². The van der Waals surface area contributed by atoms with Crippen LogP contribution >= 0.6 is 11.3 Å². The van der Waals surface area contributed by atoms with Crippen LogP contribution in [0.2, 0.25) is 0 Å². The molecular formula is C19H23NO3S. The van der Waals surface area contributed by atoms with Gasteiger partial charge in [0.15, 0.2) is 0 Å². The number of benzene rings is 1. The van der Waals surface area contributed by atoms with E-state index in [9.17, 15) is 9.90 Å².